The van der Waals surface area contributed by atoms with Crippen molar-refractivity contribution in [1.82, 2.24) is 5.32 Å². The minimum atomic E-state index is -1.12. The van der Waals surface area contributed by atoms with Crippen LogP contribution in [0.5, 0.6) is 0 Å². The number of ketones is 1. The highest BCUT2D eigenvalue weighted by Crippen LogP contribution is 2.12. The Balaban J connectivity index is 2.10. The number of nitrogens with one attached hydrogen (secondary N) is 1. The molecule has 0 fully saturated rings. The molecule has 0 saturated heterocycles. The fraction of sp³-hybridized carbons (Fsp3) is 0.375. The molecular formula is C24H29NO6. The summed E-state index contributed by atoms with van der Waals surface area (Å²) in [6, 6.07) is 15.3. The molecule has 0 aliphatic carbocycles. The van der Waals surface area contributed by atoms with Crippen molar-refractivity contribution in [1.29, 1.82) is 0 Å². The van der Waals surface area contributed by atoms with Gasteiger partial charge in [0.25, 0.3) is 5.78 Å². The number of amides is 1. The predicted molar refractivity (Wildman–Crippen MR) is 115 cm³/mol. The van der Waals surface area contributed by atoms with Crippen molar-refractivity contribution in [2.75, 3.05) is 7.11 Å². The van der Waals surface area contributed by atoms with Gasteiger partial charge < -0.3 is 19.5 Å². The lowest BCUT2D eigenvalue weighted by Gasteiger charge is -2.23. The zero-order valence-electron chi connectivity index (χ0n) is 18.3. The van der Waals surface area contributed by atoms with Gasteiger partial charge in [0.1, 0.15) is 18.2 Å². The average Bonchev–Trinajstić information content (AvgIpc) is 2.72. The Labute approximate surface area is 182 Å². The van der Waals surface area contributed by atoms with E-state index in [0.717, 1.165) is 16.7 Å². The maximum absolute atomic E-state index is 12.8. The van der Waals surface area contributed by atoms with E-state index in [0.29, 0.717) is 6.61 Å². The van der Waals surface area contributed by atoms with Crippen LogP contribution >= 0.6 is 0 Å². The molecular weight excluding hydrogens is 398 g/mol. The number of hydrogen-bond donors (Lipinski definition) is 1. The van der Waals surface area contributed by atoms with Crippen LogP contribution in [0.1, 0.15) is 37.5 Å². The van der Waals surface area contributed by atoms with E-state index in [1.165, 1.54) is 0 Å². The van der Waals surface area contributed by atoms with Gasteiger partial charge in [-0.2, -0.15) is 0 Å². The fourth-order valence-electron chi connectivity index (χ4n) is 2.77. The van der Waals surface area contributed by atoms with Crippen molar-refractivity contribution in [2.24, 2.45) is 0 Å². The van der Waals surface area contributed by atoms with Crippen molar-refractivity contribution in [3.8, 4) is 0 Å². The number of alkyl carbamates (subject to hydrolysis) is 1. The minimum Gasteiger partial charge on any atom is -0.455 e. The third-order valence-electron chi connectivity index (χ3n) is 4.20. The zero-order valence-corrected chi connectivity index (χ0v) is 18.3. The molecule has 31 heavy (non-hydrogen) atoms. The van der Waals surface area contributed by atoms with Crippen LogP contribution in [-0.4, -0.2) is 36.6 Å². The van der Waals surface area contributed by atoms with E-state index < -0.39 is 29.5 Å². The summed E-state index contributed by atoms with van der Waals surface area (Å²) in [5, 5.41) is 2.50. The van der Waals surface area contributed by atoms with E-state index >= 15 is 0 Å². The predicted octanol–water partition coefficient (Wildman–Crippen LogP) is 3.58. The summed E-state index contributed by atoms with van der Waals surface area (Å²) in [5.41, 5.74) is 1.75. The van der Waals surface area contributed by atoms with Gasteiger partial charge in [-0.05, 0) is 37.5 Å². The molecule has 0 spiro atoms. The van der Waals surface area contributed by atoms with E-state index in [4.69, 9.17) is 14.2 Å². The first-order valence-electron chi connectivity index (χ1n) is 9.99. The lowest BCUT2D eigenvalue weighted by atomic mass is 10.0. The van der Waals surface area contributed by atoms with Crippen LogP contribution in [0.15, 0.2) is 54.6 Å². The lowest BCUT2D eigenvalue weighted by molar-refractivity contribution is -0.155. The maximum Gasteiger partial charge on any atom is 0.408 e. The van der Waals surface area contributed by atoms with Gasteiger partial charge in [-0.15, -0.1) is 0 Å². The van der Waals surface area contributed by atoms with Crippen LogP contribution in [0.25, 0.3) is 0 Å². The van der Waals surface area contributed by atoms with Gasteiger partial charge in [0.15, 0.2) is 0 Å². The zero-order chi connectivity index (χ0) is 22.9. The second-order valence-corrected chi connectivity index (χ2v) is 8.08. The van der Waals surface area contributed by atoms with Gasteiger partial charge in [-0.1, -0.05) is 54.6 Å². The third-order valence-corrected chi connectivity index (χ3v) is 4.20. The molecule has 1 N–H and O–H groups in total. The van der Waals surface area contributed by atoms with E-state index in [9.17, 15) is 14.4 Å². The van der Waals surface area contributed by atoms with Gasteiger partial charge in [-0.25, -0.2) is 9.59 Å². The third kappa shape index (κ3) is 8.60. The molecule has 166 valence electrons. The van der Waals surface area contributed by atoms with E-state index in [1.54, 1.807) is 40.0 Å². The van der Waals surface area contributed by atoms with Gasteiger partial charge in [0.05, 0.1) is 6.61 Å². The molecule has 7 heteroatoms. The van der Waals surface area contributed by atoms with E-state index in [1.807, 2.05) is 42.5 Å². The summed E-state index contributed by atoms with van der Waals surface area (Å²) in [5.74, 6) is -1.86. The van der Waals surface area contributed by atoms with Crippen LogP contribution in [0.2, 0.25) is 0 Å². The number of ether oxygens (including phenoxy) is 3. The second-order valence-electron chi connectivity index (χ2n) is 8.08. The highest BCUT2D eigenvalue weighted by atomic mass is 16.6. The molecule has 0 aromatic heterocycles. The fourth-order valence-corrected chi connectivity index (χ4v) is 2.77. The molecule has 0 heterocycles. The normalized spacial score (nSPS) is 12.0. The van der Waals surface area contributed by atoms with Gasteiger partial charge in [0, 0.05) is 13.5 Å². The maximum atomic E-state index is 12.8. The SMILES string of the molecule is COCc1ccc(C[C@H](NC(=O)OC(C)(C)C)C(=O)C(=O)OCc2ccccc2)cc1. The quantitative estimate of drug-likeness (QED) is 0.486. The number of esters is 1. The molecule has 0 aliphatic rings. The van der Waals surface area contributed by atoms with E-state index in [2.05, 4.69) is 5.32 Å². The summed E-state index contributed by atoms with van der Waals surface area (Å²) in [6.45, 7) is 5.57. The highest BCUT2D eigenvalue weighted by molar-refractivity contribution is 6.36. The van der Waals surface area contributed by atoms with Crippen LogP contribution in [0.3, 0.4) is 0 Å². The van der Waals surface area contributed by atoms with Crippen molar-refractivity contribution >= 4 is 17.8 Å². The average molecular weight is 427 g/mol. The Hall–Kier alpha value is -3.19. The second kappa shape index (κ2) is 11.3. The molecule has 2 rings (SSSR count). The van der Waals surface area contributed by atoms with Gasteiger partial charge in [0.2, 0.25) is 0 Å². The largest absolute Gasteiger partial charge is 0.455 e. The molecule has 2 aromatic rings. The van der Waals surface area contributed by atoms with Crippen LogP contribution in [0, 0.1) is 0 Å². The summed E-state index contributed by atoms with van der Waals surface area (Å²) in [6.07, 6.45) is -0.663. The monoisotopic (exact) mass is 427 g/mol. The summed E-state index contributed by atoms with van der Waals surface area (Å²) in [4.78, 5) is 37.4. The Morgan fingerprint density at radius 2 is 1.45 bits per heavy atom. The first-order valence-corrected chi connectivity index (χ1v) is 9.99. The first kappa shape index (κ1) is 24.1. The first-order chi connectivity index (χ1) is 14.7. The lowest BCUT2D eigenvalue weighted by Crippen LogP contribution is -2.47. The van der Waals surface area contributed by atoms with Crippen molar-refractivity contribution in [3.63, 3.8) is 0 Å². The van der Waals surface area contributed by atoms with Crippen LogP contribution < -0.4 is 5.32 Å². The van der Waals surface area contributed by atoms with E-state index in [-0.39, 0.29) is 13.0 Å². The van der Waals surface area contributed by atoms with Crippen molar-refractivity contribution in [2.45, 2.75) is 52.0 Å². The number of methoxy groups -OCH3 is 1. The highest BCUT2D eigenvalue weighted by Gasteiger charge is 2.30. The number of benzene rings is 2. The Kier molecular flexibility index (Phi) is 8.75. The van der Waals surface area contributed by atoms with Crippen LogP contribution in [-0.2, 0) is 43.4 Å². The van der Waals surface area contributed by atoms with Crippen LogP contribution in [0.4, 0.5) is 4.79 Å². The Morgan fingerprint density at radius 1 is 0.871 bits per heavy atom. The smallest absolute Gasteiger partial charge is 0.408 e. The summed E-state index contributed by atoms with van der Waals surface area (Å²) >= 11 is 0. The van der Waals surface area contributed by atoms with Gasteiger partial charge >= 0.3 is 12.1 Å². The Bertz CT molecular complexity index is 871. The molecule has 0 saturated carbocycles. The molecule has 0 aliphatic heterocycles. The van der Waals surface area contributed by atoms with Gasteiger partial charge in [-0.3, -0.25) is 4.79 Å². The number of carbonyl (C=O) groups excluding carboxylic acids is 3. The Morgan fingerprint density at radius 3 is 2.03 bits per heavy atom. The molecule has 0 bridgehead atoms. The minimum absolute atomic E-state index is 0.0315. The summed E-state index contributed by atoms with van der Waals surface area (Å²) < 4.78 is 15.5. The van der Waals surface area contributed by atoms with Crippen molar-refractivity contribution in [3.05, 3.63) is 71.3 Å². The standard InChI is InChI=1S/C24H29NO6/c1-24(2,3)31-23(28)25-20(14-17-10-12-19(13-11-17)15-29-4)21(26)22(27)30-16-18-8-6-5-7-9-18/h5-13,20H,14-16H2,1-4H3,(H,25,28)/t20-/m0/s1. The molecule has 7 nitrogen and oxygen atoms in total. The number of rotatable bonds is 9. The molecule has 0 radical (unpaired) electrons. The number of carbonyl (C=O) groups is 3. The number of Topliss-reactive ketones (excluding diaryl/α,β-unsaturated/α-hetero) is 1. The van der Waals surface area contributed by atoms with Crippen molar-refractivity contribution < 1.29 is 28.6 Å². The molecule has 2 aromatic carbocycles. The molecule has 0 unspecified atom stereocenters. The summed E-state index contributed by atoms with van der Waals surface area (Å²) in [7, 11) is 1.61. The number of hydrogen-bond acceptors (Lipinski definition) is 6. The topological polar surface area (TPSA) is 90.9 Å². The molecule has 1 atom stereocenters. The molecule has 1 amide bonds.